The number of anilines is 1. The Hall–Kier alpha value is -3.06. The number of nitrogen functional groups attached to an aromatic ring is 1. The first kappa shape index (κ1) is 16.3. The molecule has 0 radical (unpaired) electrons. The van der Waals surface area contributed by atoms with E-state index in [-0.39, 0.29) is 18.2 Å². The molecule has 0 aliphatic heterocycles. The van der Waals surface area contributed by atoms with Crippen molar-refractivity contribution in [2.24, 2.45) is 0 Å². The van der Waals surface area contributed by atoms with Gasteiger partial charge in [0.2, 0.25) is 0 Å². The first-order valence-electron chi connectivity index (χ1n) is 7.25. The van der Waals surface area contributed by atoms with Crippen LogP contribution >= 0.6 is 0 Å². The molecule has 0 bridgehead atoms. The number of ketones is 1. The summed E-state index contributed by atoms with van der Waals surface area (Å²) in [5.74, 6) is 5.06. The van der Waals surface area contributed by atoms with Gasteiger partial charge in [0.25, 0.3) is 0 Å². The summed E-state index contributed by atoms with van der Waals surface area (Å²) in [6.07, 6.45) is 0.0141. The maximum atomic E-state index is 12.5. The minimum atomic E-state index is -0.365. The molecular formula is C19H17NO3. The SMILES string of the molecule is CCOC(=O)CC#Cc1ccc(N)c(C(=O)c2ccccc2)c1. The molecule has 0 saturated heterocycles. The van der Waals surface area contributed by atoms with E-state index in [1.807, 2.05) is 6.07 Å². The molecule has 0 unspecified atom stereocenters. The zero-order chi connectivity index (χ0) is 16.7. The van der Waals surface area contributed by atoms with Crippen molar-refractivity contribution in [3.8, 4) is 11.8 Å². The Bertz CT molecular complexity index is 770. The average Bonchev–Trinajstić information content (AvgIpc) is 2.57. The monoisotopic (exact) mass is 307 g/mol. The molecule has 0 aliphatic carbocycles. The number of rotatable bonds is 4. The number of esters is 1. The number of benzene rings is 2. The number of hydrogen-bond acceptors (Lipinski definition) is 4. The smallest absolute Gasteiger partial charge is 0.317 e. The summed E-state index contributed by atoms with van der Waals surface area (Å²) in [4.78, 5) is 23.7. The van der Waals surface area contributed by atoms with Crippen LogP contribution in [0.25, 0.3) is 0 Å². The van der Waals surface area contributed by atoms with E-state index in [0.717, 1.165) is 0 Å². The largest absolute Gasteiger partial charge is 0.465 e. The summed E-state index contributed by atoms with van der Waals surface area (Å²) in [6, 6.07) is 13.9. The normalized spacial score (nSPS) is 9.61. The fraction of sp³-hybridized carbons (Fsp3) is 0.158. The topological polar surface area (TPSA) is 69.4 Å². The van der Waals surface area contributed by atoms with E-state index in [0.29, 0.717) is 29.0 Å². The Morgan fingerprint density at radius 2 is 1.87 bits per heavy atom. The summed E-state index contributed by atoms with van der Waals surface area (Å²) < 4.78 is 4.80. The standard InChI is InChI=1S/C19H17NO3/c1-2-23-18(21)10-6-7-14-11-12-17(20)16(13-14)19(22)15-8-4-3-5-9-15/h3-5,8-9,11-13H,2,10,20H2,1H3. The minimum Gasteiger partial charge on any atom is -0.465 e. The summed E-state index contributed by atoms with van der Waals surface area (Å²) in [5, 5.41) is 0. The fourth-order valence-corrected chi connectivity index (χ4v) is 2.01. The molecule has 23 heavy (non-hydrogen) atoms. The molecule has 2 N–H and O–H groups in total. The molecule has 4 heteroatoms. The Kier molecular flexibility index (Phi) is 5.54. The van der Waals surface area contributed by atoms with Gasteiger partial charge < -0.3 is 10.5 Å². The van der Waals surface area contributed by atoms with Gasteiger partial charge >= 0.3 is 5.97 Å². The van der Waals surface area contributed by atoms with Crippen LogP contribution in [0.2, 0.25) is 0 Å². The van der Waals surface area contributed by atoms with Crippen LogP contribution in [0.3, 0.4) is 0 Å². The van der Waals surface area contributed by atoms with Gasteiger partial charge in [-0.25, -0.2) is 0 Å². The van der Waals surface area contributed by atoms with Gasteiger partial charge in [0, 0.05) is 22.4 Å². The lowest BCUT2D eigenvalue weighted by Crippen LogP contribution is -2.05. The number of carbonyl (C=O) groups excluding carboxylic acids is 2. The molecule has 0 atom stereocenters. The van der Waals surface area contributed by atoms with Gasteiger partial charge in [-0.15, -0.1) is 0 Å². The Morgan fingerprint density at radius 1 is 1.13 bits per heavy atom. The highest BCUT2D eigenvalue weighted by atomic mass is 16.5. The third-order valence-corrected chi connectivity index (χ3v) is 3.10. The van der Waals surface area contributed by atoms with Crippen LogP contribution in [0.4, 0.5) is 5.69 Å². The van der Waals surface area contributed by atoms with Crippen molar-refractivity contribution in [3.63, 3.8) is 0 Å². The van der Waals surface area contributed by atoms with Gasteiger partial charge in [-0.05, 0) is 25.1 Å². The highest BCUT2D eigenvalue weighted by Crippen LogP contribution is 2.18. The summed E-state index contributed by atoms with van der Waals surface area (Å²) in [5.41, 5.74) is 7.89. The van der Waals surface area contributed by atoms with Crippen LogP contribution < -0.4 is 5.73 Å². The third-order valence-electron chi connectivity index (χ3n) is 3.10. The lowest BCUT2D eigenvalue weighted by molar-refractivity contribution is -0.141. The molecule has 2 rings (SSSR count). The van der Waals surface area contributed by atoms with E-state index in [2.05, 4.69) is 11.8 Å². The quantitative estimate of drug-likeness (QED) is 0.408. The number of ether oxygens (including phenoxy) is 1. The summed E-state index contributed by atoms with van der Waals surface area (Å²) in [7, 11) is 0. The van der Waals surface area contributed by atoms with E-state index in [1.165, 1.54) is 0 Å². The first-order chi connectivity index (χ1) is 11.1. The van der Waals surface area contributed by atoms with Gasteiger partial charge in [0.05, 0.1) is 6.61 Å². The Morgan fingerprint density at radius 3 is 2.57 bits per heavy atom. The van der Waals surface area contributed by atoms with Crippen LogP contribution in [-0.4, -0.2) is 18.4 Å². The molecule has 4 nitrogen and oxygen atoms in total. The molecule has 2 aromatic rings. The van der Waals surface area contributed by atoms with E-state index in [4.69, 9.17) is 10.5 Å². The minimum absolute atomic E-state index is 0.0141. The molecule has 0 heterocycles. The second-order valence-electron chi connectivity index (χ2n) is 4.78. The van der Waals surface area contributed by atoms with Crippen molar-refractivity contribution in [1.29, 1.82) is 0 Å². The van der Waals surface area contributed by atoms with Crippen LogP contribution in [0, 0.1) is 11.8 Å². The number of hydrogen-bond donors (Lipinski definition) is 1. The van der Waals surface area contributed by atoms with Crippen molar-refractivity contribution >= 4 is 17.4 Å². The number of carbonyl (C=O) groups is 2. The van der Waals surface area contributed by atoms with Crippen molar-refractivity contribution in [2.45, 2.75) is 13.3 Å². The van der Waals surface area contributed by atoms with E-state index in [1.54, 1.807) is 49.4 Å². The van der Waals surface area contributed by atoms with E-state index < -0.39 is 0 Å². The van der Waals surface area contributed by atoms with Crippen LogP contribution in [0.5, 0.6) is 0 Å². The van der Waals surface area contributed by atoms with E-state index >= 15 is 0 Å². The maximum absolute atomic E-state index is 12.5. The van der Waals surface area contributed by atoms with Gasteiger partial charge in [0.15, 0.2) is 5.78 Å². The molecule has 0 spiro atoms. The lowest BCUT2D eigenvalue weighted by atomic mass is 10.00. The first-order valence-corrected chi connectivity index (χ1v) is 7.25. The van der Waals surface area contributed by atoms with Crippen LogP contribution in [0.1, 0.15) is 34.8 Å². The molecular weight excluding hydrogens is 290 g/mol. The van der Waals surface area contributed by atoms with Crippen molar-refractivity contribution in [2.75, 3.05) is 12.3 Å². The highest BCUT2D eigenvalue weighted by Gasteiger charge is 2.12. The molecule has 0 saturated carbocycles. The highest BCUT2D eigenvalue weighted by molar-refractivity contribution is 6.12. The molecule has 2 aromatic carbocycles. The van der Waals surface area contributed by atoms with Crippen LogP contribution in [0.15, 0.2) is 48.5 Å². The lowest BCUT2D eigenvalue weighted by Gasteiger charge is -2.05. The van der Waals surface area contributed by atoms with E-state index in [9.17, 15) is 9.59 Å². The Labute approximate surface area is 135 Å². The second kappa shape index (κ2) is 7.81. The van der Waals surface area contributed by atoms with Gasteiger partial charge in [-0.1, -0.05) is 42.2 Å². The van der Waals surface area contributed by atoms with Crippen molar-refractivity contribution in [1.82, 2.24) is 0 Å². The summed E-state index contributed by atoms with van der Waals surface area (Å²) in [6.45, 7) is 2.07. The van der Waals surface area contributed by atoms with Gasteiger partial charge in [-0.2, -0.15) is 0 Å². The number of nitrogens with two attached hydrogens (primary N) is 1. The molecule has 0 amide bonds. The predicted molar refractivity (Wildman–Crippen MR) is 88.9 cm³/mol. The molecule has 0 aliphatic rings. The van der Waals surface area contributed by atoms with Crippen LogP contribution in [-0.2, 0) is 9.53 Å². The van der Waals surface area contributed by atoms with Gasteiger partial charge in [-0.3, -0.25) is 9.59 Å². The zero-order valence-electron chi connectivity index (χ0n) is 12.8. The fourth-order valence-electron chi connectivity index (χ4n) is 2.01. The second-order valence-corrected chi connectivity index (χ2v) is 4.78. The average molecular weight is 307 g/mol. The van der Waals surface area contributed by atoms with Crippen molar-refractivity contribution < 1.29 is 14.3 Å². The van der Waals surface area contributed by atoms with Crippen molar-refractivity contribution in [3.05, 3.63) is 65.2 Å². The Balaban J connectivity index is 2.21. The maximum Gasteiger partial charge on any atom is 0.317 e. The molecule has 116 valence electrons. The molecule has 0 aromatic heterocycles. The predicted octanol–water partition coefficient (Wildman–Crippen LogP) is 2.80. The van der Waals surface area contributed by atoms with Gasteiger partial charge in [0.1, 0.15) is 6.42 Å². The summed E-state index contributed by atoms with van der Waals surface area (Å²) >= 11 is 0. The third kappa shape index (κ3) is 4.45. The molecule has 0 fully saturated rings. The zero-order valence-corrected chi connectivity index (χ0v) is 12.8.